The monoisotopic (exact) mass is 369 g/mol. The van der Waals surface area contributed by atoms with Gasteiger partial charge in [0.1, 0.15) is 11.5 Å². The second-order valence-corrected chi connectivity index (χ2v) is 7.06. The van der Waals surface area contributed by atoms with Crippen molar-refractivity contribution in [3.63, 3.8) is 0 Å². The molecule has 1 aliphatic rings. The number of piperidine rings is 1. The highest BCUT2D eigenvalue weighted by Crippen LogP contribution is 2.18. The van der Waals surface area contributed by atoms with Crippen LogP contribution in [0.1, 0.15) is 46.2 Å². The average molecular weight is 369 g/mol. The van der Waals surface area contributed by atoms with Gasteiger partial charge in [-0.25, -0.2) is 4.39 Å². The van der Waals surface area contributed by atoms with Crippen LogP contribution in [0, 0.1) is 11.7 Å². The number of carbonyl (C=O) groups is 2. The first-order valence-corrected chi connectivity index (χ1v) is 9.31. The van der Waals surface area contributed by atoms with Gasteiger partial charge in [0.05, 0.1) is 0 Å². The van der Waals surface area contributed by atoms with Crippen LogP contribution in [0.2, 0.25) is 0 Å². The third-order valence-corrected chi connectivity index (χ3v) is 4.80. The molecule has 5 nitrogen and oxygen atoms in total. The summed E-state index contributed by atoms with van der Waals surface area (Å²) in [5, 5.41) is 2.79. The van der Waals surface area contributed by atoms with Crippen LogP contribution < -0.4 is 5.32 Å². The van der Waals surface area contributed by atoms with Crippen molar-refractivity contribution < 1.29 is 14.0 Å². The van der Waals surface area contributed by atoms with E-state index in [-0.39, 0.29) is 23.3 Å². The second-order valence-electron chi connectivity index (χ2n) is 7.06. The molecule has 1 saturated heterocycles. The molecule has 1 N–H and O–H groups in total. The number of aromatic nitrogens is 1. The zero-order chi connectivity index (χ0) is 19.2. The number of hydrogen-bond donors (Lipinski definition) is 1. The molecule has 2 amide bonds. The van der Waals surface area contributed by atoms with Crippen LogP contribution in [0.15, 0.2) is 42.6 Å². The number of halogens is 1. The largest absolute Gasteiger partial charge is 0.350 e. The highest BCUT2D eigenvalue weighted by Gasteiger charge is 2.22. The number of hydrogen-bond acceptors (Lipinski definition) is 3. The van der Waals surface area contributed by atoms with Crippen LogP contribution in [0.3, 0.4) is 0 Å². The minimum Gasteiger partial charge on any atom is -0.350 e. The third-order valence-electron chi connectivity index (χ3n) is 4.80. The van der Waals surface area contributed by atoms with Gasteiger partial charge in [0.2, 0.25) is 0 Å². The minimum absolute atomic E-state index is 0.0516. The Morgan fingerprint density at radius 3 is 2.78 bits per heavy atom. The predicted octanol–water partition coefficient (Wildman–Crippen LogP) is 3.07. The summed E-state index contributed by atoms with van der Waals surface area (Å²) in [6.07, 6.45) is 4.24. The Labute approximate surface area is 158 Å². The van der Waals surface area contributed by atoms with Crippen LogP contribution in [0.25, 0.3) is 0 Å². The maximum absolute atomic E-state index is 12.9. The lowest BCUT2D eigenvalue weighted by atomic mass is 9.99. The molecule has 0 spiro atoms. The van der Waals surface area contributed by atoms with Crippen LogP contribution in [0.4, 0.5) is 4.39 Å². The minimum atomic E-state index is -0.321. The van der Waals surface area contributed by atoms with Crippen LogP contribution in [-0.4, -0.2) is 41.3 Å². The Morgan fingerprint density at radius 1 is 1.26 bits per heavy atom. The molecule has 2 aromatic rings. The van der Waals surface area contributed by atoms with E-state index in [1.165, 1.54) is 18.3 Å². The van der Waals surface area contributed by atoms with Gasteiger partial charge in [-0.2, -0.15) is 0 Å². The molecule has 0 saturated carbocycles. The predicted molar refractivity (Wildman–Crippen MR) is 101 cm³/mol. The van der Waals surface area contributed by atoms with Gasteiger partial charge < -0.3 is 10.2 Å². The van der Waals surface area contributed by atoms with Crippen molar-refractivity contribution in [2.24, 2.45) is 5.92 Å². The van der Waals surface area contributed by atoms with E-state index in [0.29, 0.717) is 24.4 Å². The molecule has 0 bridgehead atoms. The summed E-state index contributed by atoms with van der Waals surface area (Å²) in [6, 6.07) is 9.38. The fourth-order valence-corrected chi connectivity index (χ4v) is 3.31. The first-order chi connectivity index (χ1) is 13.0. The van der Waals surface area contributed by atoms with Gasteiger partial charge in [0.15, 0.2) is 0 Å². The van der Waals surface area contributed by atoms with E-state index >= 15 is 0 Å². The van der Waals surface area contributed by atoms with Crippen LogP contribution in [-0.2, 0) is 6.42 Å². The van der Waals surface area contributed by atoms with E-state index in [1.54, 1.807) is 24.3 Å². The first-order valence-electron chi connectivity index (χ1n) is 9.31. The number of nitrogens with one attached hydrogen (secondary N) is 1. The van der Waals surface area contributed by atoms with E-state index in [4.69, 9.17) is 0 Å². The summed E-state index contributed by atoms with van der Waals surface area (Å²) in [4.78, 5) is 30.9. The van der Waals surface area contributed by atoms with Gasteiger partial charge >= 0.3 is 0 Å². The van der Waals surface area contributed by atoms with E-state index < -0.39 is 0 Å². The van der Waals surface area contributed by atoms with Crippen molar-refractivity contribution in [2.45, 2.75) is 26.2 Å². The molecule has 0 radical (unpaired) electrons. The van der Waals surface area contributed by atoms with Crippen molar-refractivity contribution in [3.05, 3.63) is 65.2 Å². The van der Waals surface area contributed by atoms with Gasteiger partial charge in [0, 0.05) is 31.4 Å². The number of benzene rings is 1. The molecule has 27 heavy (non-hydrogen) atoms. The average Bonchev–Trinajstić information content (AvgIpc) is 2.69. The molecule has 1 aliphatic heterocycles. The van der Waals surface area contributed by atoms with E-state index in [1.807, 2.05) is 4.90 Å². The molecule has 1 aromatic carbocycles. The molecule has 6 heteroatoms. The molecule has 1 atom stereocenters. The van der Waals surface area contributed by atoms with Gasteiger partial charge in [-0.15, -0.1) is 0 Å². The fourth-order valence-electron chi connectivity index (χ4n) is 3.31. The molecule has 3 rings (SSSR count). The van der Waals surface area contributed by atoms with Gasteiger partial charge in [-0.3, -0.25) is 14.6 Å². The van der Waals surface area contributed by atoms with Crippen LogP contribution in [0.5, 0.6) is 0 Å². The summed E-state index contributed by atoms with van der Waals surface area (Å²) in [7, 11) is 0. The lowest BCUT2D eigenvalue weighted by Crippen LogP contribution is -2.39. The van der Waals surface area contributed by atoms with Crippen molar-refractivity contribution in [2.75, 3.05) is 19.6 Å². The highest BCUT2D eigenvalue weighted by molar-refractivity contribution is 5.98. The molecule has 1 fully saturated rings. The normalized spacial score (nSPS) is 16.8. The topological polar surface area (TPSA) is 62.3 Å². The summed E-state index contributed by atoms with van der Waals surface area (Å²) in [5.74, 6) is -0.154. The fraction of sp³-hybridized carbons (Fsp3) is 0.381. The number of likely N-dealkylation sites (tertiary alicyclic amines) is 1. The maximum atomic E-state index is 12.9. The quantitative estimate of drug-likeness (QED) is 0.881. The lowest BCUT2D eigenvalue weighted by Gasteiger charge is -2.31. The summed E-state index contributed by atoms with van der Waals surface area (Å²) < 4.78 is 12.9. The molecule has 1 unspecified atom stereocenters. The Kier molecular flexibility index (Phi) is 6.16. The number of carbonyl (C=O) groups excluding carboxylic acids is 2. The third kappa shape index (κ3) is 5.12. The lowest BCUT2D eigenvalue weighted by molar-refractivity contribution is 0.0683. The Hall–Kier alpha value is -2.76. The summed E-state index contributed by atoms with van der Waals surface area (Å²) in [6.45, 7) is 4.06. The zero-order valence-corrected chi connectivity index (χ0v) is 15.5. The molecule has 1 aromatic heterocycles. The van der Waals surface area contributed by atoms with E-state index in [0.717, 1.165) is 31.5 Å². The highest BCUT2D eigenvalue weighted by atomic mass is 19.1. The summed E-state index contributed by atoms with van der Waals surface area (Å²) in [5.41, 5.74) is 1.65. The van der Waals surface area contributed by atoms with Gasteiger partial charge in [0.25, 0.3) is 11.8 Å². The molecular formula is C21H24FN3O2. The number of pyridine rings is 1. The summed E-state index contributed by atoms with van der Waals surface area (Å²) >= 11 is 0. The SMILES string of the molecule is CC1CCCN(C(=O)c2ccnc(C(=O)NCCc3ccc(F)cc3)c2)C1. The van der Waals surface area contributed by atoms with Crippen molar-refractivity contribution in [3.8, 4) is 0 Å². The van der Waals surface area contributed by atoms with Crippen molar-refractivity contribution in [1.82, 2.24) is 15.2 Å². The Morgan fingerprint density at radius 2 is 2.04 bits per heavy atom. The number of amides is 2. The standard InChI is InChI=1S/C21H24FN3O2/c1-15-3-2-12-25(14-15)21(27)17-9-11-23-19(13-17)20(26)24-10-8-16-4-6-18(22)7-5-16/h4-7,9,11,13,15H,2-3,8,10,12,14H2,1H3,(H,24,26). The molecule has 142 valence electrons. The maximum Gasteiger partial charge on any atom is 0.269 e. The Balaban J connectivity index is 1.58. The van der Waals surface area contributed by atoms with Gasteiger partial charge in [-0.1, -0.05) is 19.1 Å². The van der Waals surface area contributed by atoms with E-state index in [2.05, 4.69) is 17.2 Å². The van der Waals surface area contributed by atoms with E-state index in [9.17, 15) is 14.0 Å². The first kappa shape index (κ1) is 19.0. The number of nitrogens with zero attached hydrogens (tertiary/aromatic N) is 2. The van der Waals surface area contributed by atoms with Crippen molar-refractivity contribution >= 4 is 11.8 Å². The second kappa shape index (κ2) is 8.75. The molecular weight excluding hydrogens is 345 g/mol. The number of rotatable bonds is 5. The zero-order valence-electron chi connectivity index (χ0n) is 15.5. The van der Waals surface area contributed by atoms with Crippen LogP contribution >= 0.6 is 0 Å². The van der Waals surface area contributed by atoms with Gasteiger partial charge in [-0.05, 0) is 55.0 Å². The molecule has 0 aliphatic carbocycles. The molecule has 2 heterocycles. The smallest absolute Gasteiger partial charge is 0.269 e. The van der Waals surface area contributed by atoms with Crippen molar-refractivity contribution in [1.29, 1.82) is 0 Å². The Bertz CT molecular complexity index is 807.